The van der Waals surface area contributed by atoms with Crippen LogP contribution in [-0.4, -0.2) is 133 Å². The van der Waals surface area contributed by atoms with E-state index in [4.69, 9.17) is 0 Å². The van der Waals surface area contributed by atoms with E-state index in [1.165, 1.54) is 0 Å². The Morgan fingerprint density at radius 1 is 0.406 bits per heavy atom. The van der Waals surface area contributed by atoms with Crippen LogP contribution in [0.15, 0.2) is 0 Å². The molecule has 8 aliphatic carbocycles. The summed E-state index contributed by atoms with van der Waals surface area (Å²) in [7, 11) is 0. The number of carbonyl (C=O) groups excluding carboxylic acids is 2. The number of esters is 2. The van der Waals surface area contributed by atoms with Gasteiger partial charge in [-0.05, 0) is 26.7 Å². The Morgan fingerprint density at radius 2 is 0.623 bits per heavy atom. The molecule has 0 heterocycles. The molecule has 0 aromatic carbocycles. The van der Waals surface area contributed by atoms with Crippen LogP contribution < -0.4 is 0 Å². The minimum absolute atomic E-state index is 0. The number of rotatable bonds is 6. The first-order valence-corrected chi connectivity index (χ1v) is 17.2. The molecule has 0 radical (unpaired) electrons. The highest BCUT2D eigenvalue weighted by atomic mass is 19.4. The van der Waals surface area contributed by atoms with Crippen molar-refractivity contribution in [2.24, 2.45) is 11.3 Å². The number of hydrogen-bond donors (Lipinski definition) is 1. The fourth-order valence-electron chi connectivity index (χ4n) is 8.87. The Bertz CT molecular complexity index is 1870. The Labute approximate surface area is 368 Å². The molecule has 8 fully saturated rings. The Kier molecular flexibility index (Phi) is 13.3. The lowest BCUT2D eigenvalue weighted by Crippen LogP contribution is -3.10. The molecule has 3 atom stereocenters. The van der Waals surface area contributed by atoms with E-state index in [-0.39, 0.29) is 29.7 Å². The van der Waals surface area contributed by atoms with Gasteiger partial charge in [0.25, 0.3) is 5.60 Å². The third-order valence-electron chi connectivity index (χ3n) is 13.5. The van der Waals surface area contributed by atoms with Crippen molar-refractivity contribution in [3.8, 4) is 0 Å². The average Bonchev–Trinajstić information content (AvgIpc) is 3.14. The van der Waals surface area contributed by atoms with E-state index in [2.05, 4.69) is 9.47 Å². The SMILES string of the molecule is C.C.C.C.CCC(C)(C)C(=O)OC12C(F)(F)C3(F)C(F)(F)C(F)(C(F)(F)C(F)(C3(F)F)C1(F)F)C2(F)F.CCC(C)C(=O)OC12C(F)(F)C3(O)C(F)(F)C(F)(C(F)(F)C(F)(C3(F)F)C1(F)F)C2(F)F. The van der Waals surface area contributed by atoms with Gasteiger partial charge in [-0.15, -0.1) is 0 Å². The first-order valence-electron chi connectivity index (χ1n) is 17.2. The Morgan fingerprint density at radius 3 is 0.841 bits per heavy atom. The second kappa shape index (κ2) is 14.3. The van der Waals surface area contributed by atoms with Crippen LogP contribution in [0.2, 0.25) is 0 Å². The summed E-state index contributed by atoms with van der Waals surface area (Å²) in [5.41, 5.74) is -62.5. The maximum atomic E-state index is 14.9. The molecule has 8 saturated carbocycles. The normalized spacial score (nSPS) is 43.1. The van der Waals surface area contributed by atoms with E-state index in [0.717, 1.165) is 13.8 Å². The monoisotopic (exact) mass is 1090 g/mol. The molecule has 34 heteroatoms. The van der Waals surface area contributed by atoms with Crippen LogP contribution >= 0.6 is 0 Å². The first kappa shape index (κ1) is 63.9. The number of aliphatic hydroxyl groups is 1. The van der Waals surface area contributed by atoms with Crippen molar-refractivity contribution in [3.63, 3.8) is 0 Å². The maximum Gasteiger partial charge on any atom is 0.345 e. The molecule has 0 aromatic rings. The topological polar surface area (TPSA) is 72.8 Å². The van der Waals surface area contributed by atoms with Gasteiger partial charge in [-0.2, -0.15) is 105 Å². The summed E-state index contributed by atoms with van der Waals surface area (Å²) in [6.07, 6.45) is -1.30. The highest BCUT2D eigenvalue weighted by molar-refractivity contribution is 5.77. The Balaban J connectivity index is 0.000000652. The molecule has 8 bridgehead atoms. The fraction of sp³-hybridized carbons (Fsp3) is 0.943. The van der Waals surface area contributed by atoms with Crippen LogP contribution in [0.3, 0.4) is 0 Å². The van der Waals surface area contributed by atoms with E-state index in [9.17, 15) is 142 Å². The summed E-state index contributed by atoms with van der Waals surface area (Å²) in [6.45, 7) is 3.70. The van der Waals surface area contributed by atoms with Crippen molar-refractivity contribution in [1.82, 2.24) is 0 Å². The summed E-state index contributed by atoms with van der Waals surface area (Å²) in [6, 6.07) is 0. The molecular weight excluding hydrogens is 1050 g/mol. The van der Waals surface area contributed by atoms with Crippen molar-refractivity contribution in [3.05, 3.63) is 0 Å². The number of halogens is 29. The number of alkyl halides is 29. The minimum atomic E-state index is -7.90. The average molecular weight is 1090 g/mol. The molecule has 410 valence electrons. The smallest absolute Gasteiger partial charge is 0.345 e. The van der Waals surface area contributed by atoms with Gasteiger partial charge in [-0.25, -0.2) is 22.0 Å². The first-order chi connectivity index (χ1) is 28.1. The summed E-state index contributed by atoms with van der Waals surface area (Å²) < 4.78 is 430. The van der Waals surface area contributed by atoms with Crippen LogP contribution in [0.4, 0.5) is 127 Å². The van der Waals surface area contributed by atoms with Crippen LogP contribution in [0.5, 0.6) is 0 Å². The fourth-order valence-corrected chi connectivity index (χ4v) is 8.87. The molecule has 3 unspecified atom stereocenters. The lowest BCUT2D eigenvalue weighted by atomic mass is 9.39. The summed E-state index contributed by atoms with van der Waals surface area (Å²) in [5, 5.41) is 9.47. The second-order valence-electron chi connectivity index (χ2n) is 16.6. The van der Waals surface area contributed by atoms with Gasteiger partial charge in [0.05, 0.1) is 11.3 Å². The largest absolute Gasteiger partial charge is 0.439 e. The zero-order chi connectivity index (χ0) is 52.1. The molecule has 0 amide bonds. The van der Waals surface area contributed by atoms with Crippen LogP contribution in [0, 0.1) is 11.3 Å². The third-order valence-corrected chi connectivity index (χ3v) is 13.5. The van der Waals surface area contributed by atoms with Crippen molar-refractivity contribution in [2.45, 2.75) is 193 Å². The van der Waals surface area contributed by atoms with E-state index < -0.39 is 152 Å². The Hall–Kier alpha value is -3.13. The molecule has 0 saturated heterocycles. The second-order valence-corrected chi connectivity index (χ2v) is 16.6. The zero-order valence-corrected chi connectivity index (χ0v) is 31.5. The molecule has 69 heavy (non-hydrogen) atoms. The molecule has 5 nitrogen and oxygen atoms in total. The third kappa shape index (κ3) is 4.53. The van der Waals surface area contributed by atoms with Gasteiger partial charge in [0.1, 0.15) is 0 Å². The molecule has 8 rings (SSSR count). The van der Waals surface area contributed by atoms with E-state index in [1.807, 2.05) is 0 Å². The van der Waals surface area contributed by atoms with Gasteiger partial charge < -0.3 is 14.6 Å². The molecule has 0 aliphatic heterocycles. The van der Waals surface area contributed by atoms with Crippen molar-refractivity contribution < 1.29 is 151 Å². The van der Waals surface area contributed by atoms with Gasteiger partial charge >= 0.3 is 123 Å². The summed E-state index contributed by atoms with van der Waals surface area (Å²) in [5.74, 6) is -100. The molecule has 0 spiro atoms. The van der Waals surface area contributed by atoms with Crippen LogP contribution in [-0.2, 0) is 19.1 Å². The summed E-state index contributed by atoms with van der Waals surface area (Å²) in [4.78, 5) is 23.9. The highest BCUT2D eigenvalue weighted by Gasteiger charge is 3.25. The zero-order valence-electron chi connectivity index (χ0n) is 31.5. The van der Waals surface area contributed by atoms with E-state index in [0.29, 0.717) is 20.8 Å². The van der Waals surface area contributed by atoms with E-state index >= 15 is 0 Å². The number of hydrogen-bond acceptors (Lipinski definition) is 5. The standard InChI is InChI=1S/C16H11F15O2.C15H10F14O3.4CH4/c1-4-6(2,3)5(32)33-10-14(26,27)7(17)11(20,21)8(18,15(10,28)29)13(24,25)9(19,12(7,22)23)16(10,30)31;1-3-4(2)5(30)32-9-13(24,25)6(16)10(18,19)7(17,14(9,26)27)12(22,23)8(31,11(6,20)21)15(9,28)29;;;;/h4H2,1-3H3;4,31H,3H2,1-2H3;4*1H4. The van der Waals surface area contributed by atoms with Gasteiger partial charge in [-0.1, -0.05) is 50.5 Å². The van der Waals surface area contributed by atoms with Gasteiger partial charge in [0, 0.05) is 0 Å². The highest BCUT2D eigenvalue weighted by Crippen LogP contribution is 2.90. The summed E-state index contributed by atoms with van der Waals surface area (Å²) >= 11 is 0. The van der Waals surface area contributed by atoms with Gasteiger partial charge in [0.2, 0.25) is 0 Å². The van der Waals surface area contributed by atoms with Gasteiger partial charge in [-0.3, -0.25) is 9.59 Å². The predicted octanol–water partition coefficient (Wildman–Crippen LogP) is 12.5. The molecule has 1 N–H and O–H groups in total. The molecular formula is C35H37F29O5. The number of carbonyl (C=O) groups is 2. The van der Waals surface area contributed by atoms with Gasteiger partial charge in [0.15, 0.2) is 0 Å². The minimum Gasteiger partial charge on any atom is -0.439 e. The van der Waals surface area contributed by atoms with Crippen molar-refractivity contribution >= 4 is 11.9 Å². The van der Waals surface area contributed by atoms with Crippen LogP contribution in [0.1, 0.15) is 77.2 Å². The number of ether oxygens (including phenoxy) is 2. The quantitative estimate of drug-likeness (QED) is 0.212. The maximum absolute atomic E-state index is 14.9. The molecule has 8 aliphatic rings. The van der Waals surface area contributed by atoms with Crippen molar-refractivity contribution in [1.29, 1.82) is 0 Å². The predicted molar refractivity (Wildman–Crippen MR) is 172 cm³/mol. The lowest BCUT2D eigenvalue weighted by Gasteiger charge is -2.74. The van der Waals surface area contributed by atoms with Crippen LogP contribution in [0.25, 0.3) is 0 Å². The van der Waals surface area contributed by atoms with E-state index in [1.54, 1.807) is 0 Å². The lowest BCUT2D eigenvalue weighted by molar-refractivity contribution is -0.623. The molecule has 0 aromatic heterocycles. The van der Waals surface area contributed by atoms with Crippen molar-refractivity contribution in [2.75, 3.05) is 0 Å².